The van der Waals surface area contributed by atoms with E-state index in [-0.39, 0.29) is 11.4 Å². The highest BCUT2D eigenvalue weighted by Crippen LogP contribution is 2.26. The molecule has 0 aliphatic heterocycles. The summed E-state index contributed by atoms with van der Waals surface area (Å²) in [6, 6.07) is 7.42. The first-order chi connectivity index (χ1) is 9.47. The van der Waals surface area contributed by atoms with Crippen molar-refractivity contribution in [3.63, 3.8) is 0 Å². The summed E-state index contributed by atoms with van der Waals surface area (Å²) in [5.41, 5.74) is -0.119. The zero-order valence-electron chi connectivity index (χ0n) is 9.91. The monoisotopic (exact) mass is 293 g/mol. The first kappa shape index (κ1) is 13.8. The number of aromatic carboxylic acids is 1. The molecule has 1 aromatic heterocycles. The number of pyridine rings is 1. The van der Waals surface area contributed by atoms with E-state index in [1.807, 2.05) is 0 Å². The molecule has 2 N–H and O–H groups in total. The number of hydrogen-bond donors (Lipinski definition) is 2. The number of nitro groups is 1. The molecule has 20 heavy (non-hydrogen) atoms. The van der Waals surface area contributed by atoms with Gasteiger partial charge in [0.25, 0.3) is 0 Å². The molecule has 0 fully saturated rings. The van der Waals surface area contributed by atoms with Crippen molar-refractivity contribution in [2.45, 2.75) is 0 Å². The molecule has 1 heterocycles. The number of aromatic nitrogens is 1. The Labute approximate surface area is 118 Å². The first-order valence-electron chi connectivity index (χ1n) is 5.37. The van der Waals surface area contributed by atoms with Gasteiger partial charge in [0.1, 0.15) is 0 Å². The number of halogens is 1. The minimum atomic E-state index is -1.28. The second kappa shape index (κ2) is 5.54. The van der Waals surface area contributed by atoms with Crippen molar-refractivity contribution in [2.75, 3.05) is 5.32 Å². The molecule has 0 aliphatic rings. The second-order valence-corrected chi connectivity index (χ2v) is 4.22. The summed E-state index contributed by atoms with van der Waals surface area (Å²) in [6.45, 7) is 0. The highest BCUT2D eigenvalue weighted by atomic mass is 35.5. The van der Waals surface area contributed by atoms with Crippen molar-refractivity contribution in [1.82, 2.24) is 4.98 Å². The third-order valence-corrected chi connectivity index (χ3v) is 2.67. The van der Waals surface area contributed by atoms with E-state index in [0.29, 0.717) is 10.7 Å². The minimum Gasteiger partial charge on any atom is -0.478 e. The predicted octanol–water partition coefficient (Wildman–Crippen LogP) is 3.09. The van der Waals surface area contributed by atoms with E-state index in [1.165, 1.54) is 0 Å². The van der Waals surface area contributed by atoms with Gasteiger partial charge < -0.3 is 10.4 Å². The molecular weight excluding hydrogens is 286 g/mol. The van der Waals surface area contributed by atoms with Gasteiger partial charge >= 0.3 is 11.7 Å². The van der Waals surface area contributed by atoms with Crippen LogP contribution in [0.25, 0.3) is 0 Å². The molecule has 8 heteroatoms. The van der Waals surface area contributed by atoms with Gasteiger partial charge in [0.2, 0.25) is 5.82 Å². The van der Waals surface area contributed by atoms with Crippen LogP contribution in [0.3, 0.4) is 0 Å². The number of anilines is 2. The largest absolute Gasteiger partial charge is 0.478 e. The summed E-state index contributed by atoms with van der Waals surface area (Å²) >= 11 is 5.74. The van der Waals surface area contributed by atoms with E-state index in [4.69, 9.17) is 16.7 Å². The number of nitrogens with zero attached hydrogens (tertiary/aromatic N) is 2. The van der Waals surface area contributed by atoms with E-state index >= 15 is 0 Å². The number of benzene rings is 1. The third kappa shape index (κ3) is 3.01. The Morgan fingerprint density at radius 2 is 2.00 bits per heavy atom. The lowest BCUT2D eigenvalue weighted by atomic mass is 10.2. The molecular formula is C12H8ClN3O4. The number of carboxylic acid groups (broad SMARTS) is 1. The van der Waals surface area contributed by atoms with Crippen LogP contribution >= 0.6 is 11.6 Å². The number of carboxylic acids is 1. The predicted molar refractivity (Wildman–Crippen MR) is 72.6 cm³/mol. The van der Waals surface area contributed by atoms with Crippen molar-refractivity contribution in [1.29, 1.82) is 0 Å². The van der Waals surface area contributed by atoms with Crippen LogP contribution in [-0.2, 0) is 0 Å². The fourth-order valence-corrected chi connectivity index (χ4v) is 1.60. The number of hydrogen-bond acceptors (Lipinski definition) is 5. The summed E-state index contributed by atoms with van der Waals surface area (Å²) in [5, 5.41) is 23.0. The fraction of sp³-hybridized carbons (Fsp3) is 0. The minimum absolute atomic E-state index is 0.0395. The summed E-state index contributed by atoms with van der Waals surface area (Å²) in [7, 11) is 0. The van der Waals surface area contributed by atoms with Crippen LogP contribution in [-0.4, -0.2) is 21.0 Å². The Kier molecular flexibility index (Phi) is 3.81. The van der Waals surface area contributed by atoms with Crippen LogP contribution in [0.2, 0.25) is 5.02 Å². The van der Waals surface area contributed by atoms with Gasteiger partial charge in [-0.2, -0.15) is 0 Å². The maximum absolute atomic E-state index is 11.0. The Hall–Kier alpha value is -2.67. The van der Waals surface area contributed by atoms with Crippen molar-refractivity contribution < 1.29 is 14.8 Å². The van der Waals surface area contributed by atoms with Gasteiger partial charge in [0, 0.05) is 23.0 Å². The highest BCUT2D eigenvalue weighted by Gasteiger charge is 2.19. The van der Waals surface area contributed by atoms with E-state index in [0.717, 1.165) is 12.3 Å². The van der Waals surface area contributed by atoms with E-state index in [9.17, 15) is 14.9 Å². The molecule has 0 radical (unpaired) electrons. The topological polar surface area (TPSA) is 105 Å². The third-order valence-electron chi connectivity index (χ3n) is 2.42. The van der Waals surface area contributed by atoms with Gasteiger partial charge in [-0.05, 0) is 24.3 Å². The summed E-state index contributed by atoms with van der Waals surface area (Å²) in [6.07, 6.45) is 1.05. The zero-order chi connectivity index (χ0) is 14.7. The van der Waals surface area contributed by atoms with E-state index < -0.39 is 16.6 Å². The Morgan fingerprint density at radius 3 is 2.55 bits per heavy atom. The molecule has 2 aromatic rings. The molecule has 0 saturated carbocycles. The summed E-state index contributed by atoms with van der Waals surface area (Å²) < 4.78 is 0. The average Bonchev–Trinajstić information content (AvgIpc) is 2.41. The number of nitrogens with one attached hydrogen (secondary N) is 1. The van der Waals surface area contributed by atoms with Crippen molar-refractivity contribution in [3.8, 4) is 0 Å². The quantitative estimate of drug-likeness (QED) is 0.663. The zero-order valence-corrected chi connectivity index (χ0v) is 10.7. The smallest absolute Gasteiger partial charge is 0.337 e. The molecule has 2 rings (SSSR count). The molecule has 0 saturated heterocycles. The SMILES string of the molecule is O=C(O)c1cnc(Nc2ccc(Cl)cc2)c([N+](=O)[O-])c1. The van der Waals surface area contributed by atoms with Crippen molar-refractivity contribution >= 4 is 34.8 Å². The number of rotatable bonds is 4. The highest BCUT2D eigenvalue weighted by molar-refractivity contribution is 6.30. The molecule has 0 atom stereocenters. The molecule has 0 unspecified atom stereocenters. The van der Waals surface area contributed by atoms with Crippen LogP contribution in [0, 0.1) is 10.1 Å². The molecule has 1 aromatic carbocycles. The van der Waals surface area contributed by atoms with Crippen molar-refractivity contribution in [3.05, 3.63) is 57.2 Å². The first-order valence-corrected chi connectivity index (χ1v) is 5.75. The lowest BCUT2D eigenvalue weighted by molar-refractivity contribution is -0.384. The molecule has 0 bridgehead atoms. The van der Waals surface area contributed by atoms with Gasteiger partial charge in [-0.3, -0.25) is 10.1 Å². The lowest BCUT2D eigenvalue weighted by Gasteiger charge is -2.06. The molecule has 102 valence electrons. The van der Waals surface area contributed by atoms with E-state index in [2.05, 4.69) is 10.3 Å². The van der Waals surface area contributed by atoms with Gasteiger partial charge in [-0.25, -0.2) is 9.78 Å². The molecule has 0 amide bonds. The Morgan fingerprint density at radius 1 is 1.35 bits per heavy atom. The van der Waals surface area contributed by atoms with Crippen molar-refractivity contribution in [2.24, 2.45) is 0 Å². The summed E-state index contributed by atoms with van der Waals surface area (Å²) in [4.78, 5) is 24.8. The van der Waals surface area contributed by atoms with Crippen LogP contribution in [0.1, 0.15) is 10.4 Å². The van der Waals surface area contributed by atoms with Crippen LogP contribution in [0.15, 0.2) is 36.5 Å². The van der Waals surface area contributed by atoms with E-state index in [1.54, 1.807) is 24.3 Å². The molecule has 0 aliphatic carbocycles. The Bertz CT molecular complexity index is 673. The number of carbonyl (C=O) groups is 1. The van der Waals surface area contributed by atoms with Crippen LogP contribution in [0.5, 0.6) is 0 Å². The summed E-state index contributed by atoms with van der Waals surface area (Å²) in [5.74, 6) is -1.32. The standard InChI is InChI=1S/C12H8ClN3O4/c13-8-1-3-9(4-2-8)15-11-10(16(19)20)5-7(6-14-11)12(17)18/h1-6H,(H,14,15)(H,17,18). The average molecular weight is 294 g/mol. The van der Waals surface area contributed by atoms with Crippen LogP contribution in [0.4, 0.5) is 17.2 Å². The fourth-order valence-electron chi connectivity index (χ4n) is 1.48. The Balaban J connectivity index is 2.38. The maximum atomic E-state index is 11.0. The van der Waals surface area contributed by atoms with Gasteiger partial charge in [-0.1, -0.05) is 11.6 Å². The molecule has 0 spiro atoms. The van der Waals surface area contributed by atoms with Gasteiger partial charge in [0.15, 0.2) is 0 Å². The van der Waals surface area contributed by atoms with Crippen LogP contribution < -0.4 is 5.32 Å². The second-order valence-electron chi connectivity index (χ2n) is 3.79. The maximum Gasteiger partial charge on any atom is 0.337 e. The lowest BCUT2D eigenvalue weighted by Crippen LogP contribution is -2.04. The van der Waals surface area contributed by atoms with Gasteiger partial charge in [0.05, 0.1) is 10.5 Å². The molecule has 7 nitrogen and oxygen atoms in total. The van der Waals surface area contributed by atoms with Gasteiger partial charge in [-0.15, -0.1) is 0 Å². The normalized spacial score (nSPS) is 10.1.